The molecule has 1 aliphatic heterocycles. The Morgan fingerprint density at radius 2 is 2.12 bits per heavy atom. The van der Waals surface area contributed by atoms with Gasteiger partial charge >= 0.3 is 0 Å². The molecular formula is C13H17NO3. The van der Waals surface area contributed by atoms with E-state index in [-0.39, 0.29) is 6.61 Å². The van der Waals surface area contributed by atoms with Gasteiger partial charge in [-0.15, -0.1) is 0 Å². The van der Waals surface area contributed by atoms with Crippen LogP contribution >= 0.6 is 0 Å². The molecule has 1 aromatic rings. The minimum absolute atomic E-state index is 0.00729. The third-order valence-corrected chi connectivity index (χ3v) is 3.19. The van der Waals surface area contributed by atoms with Crippen LogP contribution in [0.2, 0.25) is 0 Å². The predicted octanol–water partition coefficient (Wildman–Crippen LogP) is 1.96. The van der Waals surface area contributed by atoms with Gasteiger partial charge in [-0.25, -0.2) is 0 Å². The Balaban J connectivity index is 2.14. The lowest BCUT2D eigenvalue weighted by Crippen LogP contribution is -2.32. The highest BCUT2D eigenvalue weighted by molar-refractivity contribution is 6.01. The summed E-state index contributed by atoms with van der Waals surface area (Å²) in [6, 6.07) is 7.68. The van der Waals surface area contributed by atoms with Crippen LogP contribution < -0.4 is 4.74 Å². The number of methoxy groups -OCH3 is 1. The summed E-state index contributed by atoms with van der Waals surface area (Å²) >= 11 is 0. The second kappa shape index (κ2) is 4.75. The SMILES string of the molecule is CC[C@]1(CO)CC(c2ccc(OC)cc2)=NO1. The van der Waals surface area contributed by atoms with Gasteiger partial charge in [0.05, 0.1) is 19.4 Å². The van der Waals surface area contributed by atoms with Crippen molar-refractivity contribution in [1.82, 2.24) is 0 Å². The van der Waals surface area contributed by atoms with Crippen LogP contribution in [0.3, 0.4) is 0 Å². The van der Waals surface area contributed by atoms with E-state index < -0.39 is 5.60 Å². The first kappa shape index (κ1) is 11.9. The molecule has 92 valence electrons. The van der Waals surface area contributed by atoms with Crippen molar-refractivity contribution in [3.63, 3.8) is 0 Å². The quantitative estimate of drug-likeness (QED) is 0.868. The maximum atomic E-state index is 9.35. The van der Waals surface area contributed by atoms with E-state index in [1.165, 1.54) is 0 Å². The van der Waals surface area contributed by atoms with Crippen LogP contribution in [0.4, 0.5) is 0 Å². The maximum absolute atomic E-state index is 9.35. The van der Waals surface area contributed by atoms with Crippen LogP contribution in [0.15, 0.2) is 29.4 Å². The Morgan fingerprint density at radius 1 is 1.41 bits per heavy atom. The van der Waals surface area contributed by atoms with Crippen LogP contribution in [0.5, 0.6) is 5.75 Å². The summed E-state index contributed by atoms with van der Waals surface area (Å²) in [6.07, 6.45) is 1.39. The summed E-state index contributed by atoms with van der Waals surface area (Å²) in [5.41, 5.74) is 1.35. The minimum atomic E-state index is -0.532. The Labute approximate surface area is 101 Å². The molecule has 2 rings (SSSR count). The smallest absolute Gasteiger partial charge is 0.165 e. The van der Waals surface area contributed by atoms with E-state index in [0.717, 1.165) is 23.4 Å². The average molecular weight is 235 g/mol. The van der Waals surface area contributed by atoms with Crippen molar-refractivity contribution in [2.45, 2.75) is 25.4 Å². The van der Waals surface area contributed by atoms with E-state index >= 15 is 0 Å². The zero-order valence-electron chi connectivity index (χ0n) is 10.1. The first-order valence-electron chi connectivity index (χ1n) is 5.73. The van der Waals surface area contributed by atoms with Crippen LogP contribution in [0.1, 0.15) is 25.3 Å². The molecule has 17 heavy (non-hydrogen) atoms. The summed E-state index contributed by atoms with van der Waals surface area (Å²) in [6.45, 7) is 1.98. The van der Waals surface area contributed by atoms with Crippen molar-refractivity contribution in [3.05, 3.63) is 29.8 Å². The molecular weight excluding hydrogens is 218 g/mol. The van der Waals surface area contributed by atoms with Gasteiger partial charge in [-0.2, -0.15) is 0 Å². The van der Waals surface area contributed by atoms with Crippen molar-refractivity contribution < 1.29 is 14.7 Å². The lowest BCUT2D eigenvalue weighted by atomic mass is 9.92. The molecule has 0 bridgehead atoms. The fourth-order valence-corrected chi connectivity index (χ4v) is 1.85. The van der Waals surface area contributed by atoms with Gasteiger partial charge in [-0.05, 0) is 36.2 Å². The van der Waals surface area contributed by atoms with Crippen molar-refractivity contribution in [3.8, 4) is 5.75 Å². The summed E-state index contributed by atoms with van der Waals surface area (Å²) < 4.78 is 5.10. The third-order valence-electron chi connectivity index (χ3n) is 3.19. The van der Waals surface area contributed by atoms with E-state index in [9.17, 15) is 5.11 Å². The molecule has 1 N–H and O–H groups in total. The fraction of sp³-hybridized carbons (Fsp3) is 0.462. The number of hydrogen-bond donors (Lipinski definition) is 1. The fourth-order valence-electron chi connectivity index (χ4n) is 1.85. The van der Waals surface area contributed by atoms with Gasteiger partial charge < -0.3 is 14.7 Å². The highest BCUT2D eigenvalue weighted by atomic mass is 16.7. The molecule has 0 aliphatic carbocycles. The molecule has 0 radical (unpaired) electrons. The second-order valence-corrected chi connectivity index (χ2v) is 4.23. The van der Waals surface area contributed by atoms with Crippen LogP contribution in [0.25, 0.3) is 0 Å². The zero-order chi connectivity index (χ0) is 12.3. The van der Waals surface area contributed by atoms with Gasteiger partial charge in [0.15, 0.2) is 5.60 Å². The second-order valence-electron chi connectivity index (χ2n) is 4.23. The number of aliphatic hydroxyl groups excluding tert-OH is 1. The Kier molecular flexibility index (Phi) is 3.33. The lowest BCUT2D eigenvalue weighted by molar-refractivity contribution is -0.0591. The highest BCUT2D eigenvalue weighted by Gasteiger charge is 2.37. The number of nitrogens with zero attached hydrogens (tertiary/aromatic N) is 1. The molecule has 1 aliphatic rings. The molecule has 0 fully saturated rings. The minimum Gasteiger partial charge on any atom is -0.497 e. The van der Waals surface area contributed by atoms with Gasteiger partial charge in [0.2, 0.25) is 0 Å². The number of rotatable bonds is 4. The standard InChI is InChI=1S/C13H17NO3/c1-3-13(9-15)8-12(14-17-13)10-4-6-11(16-2)7-5-10/h4-7,15H,3,8-9H2,1-2H3/t13-/m1/s1. The molecule has 0 spiro atoms. The first-order valence-corrected chi connectivity index (χ1v) is 5.73. The Bertz CT molecular complexity index is 407. The van der Waals surface area contributed by atoms with Gasteiger partial charge in [-0.1, -0.05) is 12.1 Å². The molecule has 1 heterocycles. The molecule has 0 saturated heterocycles. The van der Waals surface area contributed by atoms with Gasteiger partial charge in [0.25, 0.3) is 0 Å². The van der Waals surface area contributed by atoms with Crippen LogP contribution in [-0.4, -0.2) is 30.1 Å². The van der Waals surface area contributed by atoms with Crippen molar-refractivity contribution >= 4 is 5.71 Å². The number of benzene rings is 1. The van der Waals surface area contributed by atoms with E-state index in [4.69, 9.17) is 9.57 Å². The Hall–Kier alpha value is -1.55. The highest BCUT2D eigenvalue weighted by Crippen LogP contribution is 2.29. The normalized spacial score (nSPS) is 23.1. The molecule has 0 unspecified atom stereocenters. The Morgan fingerprint density at radius 3 is 2.59 bits per heavy atom. The van der Waals surface area contributed by atoms with Crippen LogP contribution in [0, 0.1) is 0 Å². The number of oxime groups is 1. The number of hydrogen-bond acceptors (Lipinski definition) is 4. The molecule has 0 aromatic heterocycles. The first-order chi connectivity index (χ1) is 8.23. The zero-order valence-corrected chi connectivity index (χ0v) is 10.1. The largest absolute Gasteiger partial charge is 0.497 e. The molecule has 1 aromatic carbocycles. The topological polar surface area (TPSA) is 51.0 Å². The third kappa shape index (κ3) is 2.26. The molecule has 4 heteroatoms. The summed E-state index contributed by atoms with van der Waals surface area (Å²) in [7, 11) is 1.64. The van der Waals surface area contributed by atoms with Crippen LogP contribution in [-0.2, 0) is 4.84 Å². The van der Waals surface area contributed by atoms with E-state index in [0.29, 0.717) is 6.42 Å². The summed E-state index contributed by atoms with van der Waals surface area (Å²) in [5.74, 6) is 0.817. The maximum Gasteiger partial charge on any atom is 0.165 e. The van der Waals surface area contributed by atoms with Gasteiger partial charge in [0.1, 0.15) is 5.75 Å². The monoisotopic (exact) mass is 235 g/mol. The van der Waals surface area contributed by atoms with Crippen molar-refractivity contribution in [1.29, 1.82) is 0 Å². The van der Waals surface area contributed by atoms with Gasteiger partial charge in [-0.3, -0.25) is 0 Å². The predicted molar refractivity (Wildman–Crippen MR) is 65.3 cm³/mol. The van der Waals surface area contributed by atoms with Gasteiger partial charge in [0, 0.05) is 6.42 Å². The average Bonchev–Trinajstić information content (AvgIpc) is 2.84. The van der Waals surface area contributed by atoms with Crippen molar-refractivity contribution in [2.75, 3.05) is 13.7 Å². The van der Waals surface area contributed by atoms with E-state index in [1.54, 1.807) is 7.11 Å². The lowest BCUT2D eigenvalue weighted by Gasteiger charge is -2.21. The summed E-state index contributed by atoms with van der Waals surface area (Å²) in [5, 5.41) is 13.4. The number of aliphatic hydroxyl groups is 1. The molecule has 0 saturated carbocycles. The molecule has 4 nitrogen and oxygen atoms in total. The molecule has 0 amide bonds. The van der Waals surface area contributed by atoms with Crippen molar-refractivity contribution in [2.24, 2.45) is 5.16 Å². The number of ether oxygens (including phenoxy) is 1. The molecule has 1 atom stereocenters. The van der Waals surface area contributed by atoms with E-state index in [1.807, 2.05) is 31.2 Å². The van der Waals surface area contributed by atoms with E-state index in [2.05, 4.69) is 5.16 Å². The summed E-state index contributed by atoms with van der Waals surface area (Å²) in [4.78, 5) is 5.37.